The van der Waals surface area contributed by atoms with Crippen LogP contribution in [0.4, 0.5) is 4.79 Å². The summed E-state index contributed by atoms with van der Waals surface area (Å²) in [5.74, 6) is 0. The molecule has 1 saturated carbocycles. The van der Waals surface area contributed by atoms with Gasteiger partial charge in [0.05, 0.1) is 13.2 Å². The fraction of sp³-hybridized carbons (Fsp3) is 0.588. The quantitative estimate of drug-likeness (QED) is 0.857. The van der Waals surface area contributed by atoms with Gasteiger partial charge in [0.15, 0.2) is 0 Å². The van der Waals surface area contributed by atoms with Crippen LogP contribution < -0.4 is 0 Å². The number of carbonyl (C=O) groups excluding carboxylic acids is 1. The van der Waals surface area contributed by atoms with Crippen LogP contribution in [0.1, 0.15) is 31.2 Å². The summed E-state index contributed by atoms with van der Waals surface area (Å²) in [6.07, 6.45) is 4.22. The van der Waals surface area contributed by atoms with Gasteiger partial charge in [0.1, 0.15) is 6.61 Å². The van der Waals surface area contributed by atoms with E-state index in [0.717, 1.165) is 44.5 Å². The molecule has 1 saturated heterocycles. The molecule has 1 aliphatic heterocycles. The van der Waals surface area contributed by atoms with E-state index in [-0.39, 0.29) is 6.09 Å². The summed E-state index contributed by atoms with van der Waals surface area (Å²) < 4.78 is 10.7. The van der Waals surface area contributed by atoms with Gasteiger partial charge in [0.2, 0.25) is 0 Å². The van der Waals surface area contributed by atoms with Gasteiger partial charge in [-0.05, 0) is 31.2 Å². The number of rotatable bonds is 3. The van der Waals surface area contributed by atoms with E-state index in [1.165, 1.54) is 0 Å². The molecule has 1 aromatic rings. The lowest BCUT2D eigenvalue weighted by molar-refractivity contribution is -0.136. The molecule has 3 rings (SSSR count). The van der Waals surface area contributed by atoms with Gasteiger partial charge in [-0.1, -0.05) is 30.3 Å². The van der Waals surface area contributed by atoms with Gasteiger partial charge in [-0.3, -0.25) is 0 Å². The van der Waals surface area contributed by atoms with Crippen LogP contribution in [0.25, 0.3) is 0 Å². The highest BCUT2D eigenvalue weighted by atomic mass is 16.6. The molecule has 21 heavy (non-hydrogen) atoms. The zero-order chi connectivity index (χ0) is 14.7. The van der Waals surface area contributed by atoms with E-state index in [4.69, 9.17) is 9.47 Å². The minimum absolute atomic E-state index is 0.218. The fourth-order valence-corrected chi connectivity index (χ4v) is 3.25. The summed E-state index contributed by atoms with van der Waals surface area (Å²) in [6, 6.07) is 10.1. The van der Waals surface area contributed by atoms with Crippen molar-refractivity contribution in [1.29, 1.82) is 0 Å². The minimum atomic E-state index is -0.218. The maximum Gasteiger partial charge on any atom is 0.410 e. The highest BCUT2D eigenvalue weighted by Crippen LogP contribution is 2.43. The highest BCUT2D eigenvalue weighted by Gasteiger charge is 2.42. The number of nitrogens with zero attached hydrogens (tertiary/aromatic N) is 1. The van der Waals surface area contributed by atoms with Crippen LogP contribution >= 0.6 is 0 Å². The third kappa shape index (κ3) is 3.21. The molecule has 0 aromatic heterocycles. The molecule has 2 fully saturated rings. The molecular weight excluding hydrogens is 266 g/mol. The second-order valence-corrected chi connectivity index (χ2v) is 6.38. The average molecular weight is 289 g/mol. The Balaban J connectivity index is 1.46. The van der Waals surface area contributed by atoms with Crippen LogP contribution in [-0.4, -0.2) is 37.3 Å². The van der Waals surface area contributed by atoms with Gasteiger partial charge in [0, 0.05) is 18.5 Å². The van der Waals surface area contributed by atoms with Crippen LogP contribution in [0.2, 0.25) is 0 Å². The van der Waals surface area contributed by atoms with Crippen molar-refractivity contribution in [3.8, 4) is 0 Å². The molecule has 1 aromatic carbocycles. The molecule has 0 radical (unpaired) electrons. The highest BCUT2D eigenvalue weighted by molar-refractivity contribution is 5.67. The van der Waals surface area contributed by atoms with Crippen LogP contribution in [0.15, 0.2) is 30.3 Å². The molecule has 4 heteroatoms. The van der Waals surface area contributed by atoms with Gasteiger partial charge >= 0.3 is 6.09 Å². The van der Waals surface area contributed by atoms with Crippen molar-refractivity contribution in [3.05, 3.63) is 35.9 Å². The number of amides is 1. The molecule has 1 spiro atoms. The molecule has 0 unspecified atom stereocenters. The van der Waals surface area contributed by atoms with Crippen molar-refractivity contribution in [2.75, 3.05) is 20.3 Å². The second-order valence-electron chi connectivity index (χ2n) is 6.38. The normalized spacial score (nSPS) is 20.8. The first-order chi connectivity index (χ1) is 10.2. The maximum atomic E-state index is 12.1. The lowest BCUT2D eigenvalue weighted by Crippen LogP contribution is -2.49. The van der Waals surface area contributed by atoms with E-state index in [9.17, 15) is 4.79 Å². The molecule has 1 heterocycles. The first kappa shape index (κ1) is 14.4. The number of hydrogen-bond donors (Lipinski definition) is 0. The Bertz CT molecular complexity index is 474. The van der Waals surface area contributed by atoms with E-state index in [0.29, 0.717) is 18.1 Å². The Hall–Kier alpha value is -1.55. The van der Waals surface area contributed by atoms with Crippen molar-refractivity contribution >= 4 is 6.09 Å². The van der Waals surface area contributed by atoms with Crippen molar-refractivity contribution in [2.45, 2.75) is 38.3 Å². The maximum absolute atomic E-state index is 12.1. The molecule has 4 nitrogen and oxygen atoms in total. The van der Waals surface area contributed by atoms with Gasteiger partial charge < -0.3 is 14.4 Å². The summed E-state index contributed by atoms with van der Waals surface area (Å²) in [5.41, 5.74) is 1.44. The predicted molar refractivity (Wildman–Crippen MR) is 79.9 cm³/mol. The summed E-state index contributed by atoms with van der Waals surface area (Å²) in [6.45, 7) is 2.15. The Labute approximate surface area is 126 Å². The molecule has 0 bridgehead atoms. The SMILES string of the molecule is CN(C(=O)OCc1ccccc1)C1CCC2(CC1)COC2. The summed E-state index contributed by atoms with van der Waals surface area (Å²) >= 11 is 0. The lowest BCUT2D eigenvalue weighted by atomic mass is 9.71. The zero-order valence-corrected chi connectivity index (χ0v) is 12.6. The second kappa shape index (κ2) is 6.06. The Morgan fingerprint density at radius 3 is 2.52 bits per heavy atom. The fourth-order valence-electron chi connectivity index (χ4n) is 3.25. The monoisotopic (exact) mass is 289 g/mol. The average Bonchev–Trinajstić information content (AvgIpc) is 2.51. The molecular formula is C17H23NO3. The van der Waals surface area contributed by atoms with E-state index in [1.807, 2.05) is 37.4 Å². The lowest BCUT2D eigenvalue weighted by Gasteiger charge is -2.47. The first-order valence-corrected chi connectivity index (χ1v) is 7.70. The van der Waals surface area contributed by atoms with Crippen LogP contribution in [-0.2, 0) is 16.1 Å². The molecule has 1 amide bonds. The zero-order valence-electron chi connectivity index (χ0n) is 12.6. The summed E-state index contributed by atoms with van der Waals surface area (Å²) in [7, 11) is 1.85. The topological polar surface area (TPSA) is 38.8 Å². The van der Waals surface area contributed by atoms with Crippen LogP contribution in [0, 0.1) is 5.41 Å². The number of ether oxygens (including phenoxy) is 2. The Morgan fingerprint density at radius 2 is 1.95 bits per heavy atom. The Kier molecular flexibility index (Phi) is 4.15. The van der Waals surface area contributed by atoms with Crippen LogP contribution in [0.3, 0.4) is 0 Å². The van der Waals surface area contributed by atoms with Gasteiger partial charge in [0.25, 0.3) is 0 Å². The van der Waals surface area contributed by atoms with Crippen molar-refractivity contribution in [3.63, 3.8) is 0 Å². The molecule has 2 aliphatic rings. The molecule has 0 N–H and O–H groups in total. The number of benzene rings is 1. The van der Waals surface area contributed by atoms with E-state index >= 15 is 0 Å². The summed E-state index contributed by atoms with van der Waals surface area (Å²) in [5, 5.41) is 0. The predicted octanol–water partition coefficient (Wildman–Crippen LogP) is 3.21. The smallest absolute Gasteiger partial charge is 0.410 e. The van der Waals surface area contributed by atoms with E-state index in [1.54, 1.807) is 4.90 Å². The molecule has 114 valence electrons. The van der Waals surface area contributed by atoms with E-state index in [2.05, 4.69) is 0 Å². The minimum Gasteiger partial charge on any atom is -0.445 e. The number of carbonyl (C=O) groups is 1. The largest absolute Gasteiger partial charge is 0.445 e. The van der Waals surface area contributed by atoms with Crippen molar-refractivity contribution in [2.24, 2.45) is 5.41 Å². The standard InChI is InChI=1S/C17H23NO3/c1-18(15-7-9-17(10-8-15)12-20-13-17)16(19)21-11-14-5-3-2-4-6-14/h2-6,15H,7-13H2,1H3. The van der Waals surface area contributed by atoms with Crippen LogP contribution in [0.5, 0.6) is 0 Å². The molecule has 1 aliphatic carbocycles. The third-order valence-electron chi connectivity index (χ3n) is 4.87. The molecule has 0 atom stereocenters. The van der Waals surface area contributed by atoms with Gasteiger partial charge in [-0.2, -0.15) is 0 Å². The number of hydrogen-bond acceptors (Lipinski definition) is 3. The Morgan fingerprint density at radius 1 is 1.29 bits per heavy atom. The van der Waals surface area contributed by atoms with E-state index < -0.39 is 0 Å². The third-order valence-corrected chi connectivity index (χ3v) is 4.87. The first-order valence-electron chi connectivity index (χ1n) is 7.70. The van der Waals surface area contributed by atoms with Crippen molar-refractivity contribution < 1.29 is 14.3 Å². The van der Waals surface area contributed by atoms with Gasteiger partial charge in [-0.15, -0.1) is 0 Å². The van der Waals surface area contributed by atoms with Gasteiger partial charge in [-0.25, -0.2) is 4.79 Å². The summed E-state index contributed by atoms with van der Waals surface area (Å²) in [4.78, 5) is 13.9. The van der Waals surface area contributed by atoms with Crippen molar-refractivity contribution in [1.82, 2.24) is 4.90 Å².